The molecule has 1 aliphatic rings. The van der Waals surface area contributed by atoms with Gasteiger partial charge in [-0.05, 0) is 0 Å². The topological polar surface area (TPSA) is 96.0 Å². The molecule has 0 bridgehead atoms. The molecule has 0 fully saturated rings. The van der Waals surface area contributed by atoms with Crippen LogP contribution < -0.4 is 13.9 Å². The van der Waals surface area contributed by atoms with Crippen LogP contribution in [0.2, 0.25) is 0 Å². The molecule has 0 saturated carbocycles. The number of ketones is 2. The molecule has 182 valence electrons. The van der Waals surface area contributed by atoms with E-state index in [2.05, 4.69) is 15.9 Å². The minimum atomic E-state index is -0.691. The third-order valence-corrected chi connectivity index (χ3v) is 8.09. The molecule has 0 radical (unpaired) electrons. The van der Waals surface area contributed by atoms with Gasteiger partial charge in [0.25, 0.3) is 0 Å². The Hall–Kier alpha value is -3.52. The molecule has 36 heavy (non-hydrogen) atoms. The number of methoxy groups -OCH3 is 2. The monoisotopic (exact) mass is 614 g/mol. The number of allylic oxidation sites excluding steroid dienone is 2. The van der Waals surface area contributed by atoms with Gasteiger partial charge in [-0.2, -0.15) is 0 Å². The summed E-state index contributed by atoms with van der Waals surface area (Å²) in [7, 11) is 2.65. The van der Waals surface area contributed by atoms with Crippen LogP contribution in [0.3, 0.4) is 0 Å². The Balaban J connectivity index is 2.08. The third kappa shape index (κ3) is 4.78. The number of hydrogen-bond donors (Lipinski definition) is 0. The van der Waals surface area contributed by atoms with E-state index in [1.807, 2.05) is 30.3 Å². The van der Waals surface area contributed by atoms with Crippen LogP contribution in [-0.4, -0.2) is 52.7 Å². The summed E-state index contributed by atoms with van der Waals surface area (Å²) in [6.45, 7) is 1.22. The quantitative estimate of drug-likeness (QED) is 0.236. The maximum atomic E-state index is 14.1. The van der Waals surface area contributed by atoms with Gasteiger partial charge < -0.3 is 0 Å². The molecule has 0 amide bonds. The first kappa shape index (κ1) is 25.6. The summed E-state index contributed by atoms with van der Waals surface area (Å²) in [6.07, 6.45) is 0. The average molecular weight is 614 g/mol. The van der Waals surface area contributed by atoms with Crippen molar-refractivity contribution in [3.05, 3.63) is 91.9 Å². The molecule has 0 heterocycles. The van der Waals surface area contributed by atoms with E-state index >= 15 is 0 Å². The molecule has 0 N–H and O–H groups in total. The van der Waals surface area contributed by atoms with Crippen molar-refractivity contribution in [3.8, 4) is 11.5 Å². The summed E-state index contributed by atoms with van der Waals surface area (Å²) < 4.78 is 17.4. The zero-order valence-electron chi connectivity index (χ0n) is 19.4. The van der Waals surface area contributed by atoms with Crippen molar-refractivity contribution < 1.29 is 33.4 Å². The van der Waals surface area contributed by atoms with Gasteiger partial charge in [-0.1, -0.05) is 0 Å². The van der Waals surface area contributed by atoms with E-state index in [1.54, 1.807) is 6.07 Å². The first-order valence-corrected chi connectivity index (χ1v) is 13.1. The summed E-state index contributed by atoms with van der Waals surface area (Å²) in [5.74, 6) is -2.02. The number of carbonyl (C=O) groups excluding carboxylic acids is 4. The second-order valence-electron chi connectivity index (χ2n) is 7.57. The molecular weight excluding hydrogens is 595 g/mol. The van der Waals surface area contributed by atoms with Crippen LogP contribution in [0.15, 0.2) is 69.6 Å². The van der Waals surface area contributed by atoms with Crippen LogP contribution in [0.5, 0.6) is 11.5 Å². The van der Waals surface area contributed by atoms with Crippen molar-refractivity contribution in [3.63, 3.8) is 0 Å². The van der Waals surface area contributed by atoms with Gasteiger partial charge in [0, 0.05) is 0 Å². The fourth-order valence-corrected chi connectivity index (χ4v) is 6.44. The summed E-state index contributed by atoms with van der Waals surface area (Å²) in [5.41, 5.74) is 0.385. The van der Waals surface area contributed by atoms with Gasteiger partial charge in [0.15, 0.2) is 0 Å². The van der Waals surface area contributed by atoms with Crippen LogP contribution in [-0.2, 0) is 9.53 Å². The molecule has 0 aliphatic heterocycles. The van der Waals surface area contributed by atoms with Crippen molar-refractivity contribution >= 4 is 64.4 Å². The Morgan fingerprint density at radius 1 is 0.861 bits per heavy atom. The fraction of sp³-hybridized carbons (Fsp3) is 0.111. The molecule has 1 aliphatic carbocycles. The van der Waals surface area contributed by atoms with Crippen molar-refractivity contribution in [2.45, 2.75) is 6.92 Å². The van der Waals surface area contributed by atoms with Crippen LogP contribution in [0.4, 0.5) is 0 Å². The van der Waals surface area contributed by atoms with Crippen LogP contribution in [0.1, 0.15) is 43.6 Å². The van der Waals surface area contributed by atoms with E-state index in [-0.39, 0.29) is 43.8 Å². The van der Waals surface area contributed by atoms with E-state index in [1.165, 1.54) is 45.4 Å². The first-order valence-electron chi connectivity index (χ1n) is 10.6. The number of esters is 2. The number of fused-ring (bicyclic) bond motifs is 1. The molecule has 3 aromatic rings. The standard InChI is InChI=1S/C27H19BrO7Se/c1-14(29)35-19-11-7-10-17-22(19)25(31)26(36-16-8-5-4-6-9-16)23(24(17)30)21-18(27(32)34-3)12-15(28)13-20(21)33-2/h4-13H,1-3H3. The normalized spacial score (nSPS) is 12.8. The summed E-state index contributed by atoms with van der Waals surface area (Å²) in [4.78, 5) is 52.6. The fourth-order valence-electron chi connectivity index (χ4n) is 3.86. The molecule has 0 spiro atoms. The Morgan fingerprint density at radius 2 is 1.58 bits per heavy atom. The molecule has 0 aromatic heterocycles. The molecule has 0 atom stereocenters. The Labute approximate surface area is 221 Å². The zero-order valence-corrected chi connectivity index (χ0v) is 22.7. The van der Waals surface area contributed by atoms with E-state index in [4.69, 9.17) is 14.2 Å². The zero-order chi connectivity index (χ0) is 26.0. The number of hydrogen-bond acceptors (Lipinski definition) is 7. The van der Waals surface area contributed by atoms with Gasteiger partial charge in [0.2, 0.25) is 0 Å². The molecule has 7 nitrogen and oxygen atoms in total. The number of benzene rings is 3. The van der Waals surface area contributed by atoms with Crippen molar-refractivity contribution in [2.75, 3.05) is 14.2 Å². The van der Waals surface area contributed by atoms with Gasteiger partial charge in [0.05, 0.1) is 0 Å². The predicted molar refractivity (Wildman–Crippen MR) is 137 cm³/mol. The van der Waals surface area contributed by atoms with Crippen LogP contribution in [0.25, 0.3) is 5.57 Å². The Morgan fingerprint density at radius 3 is 2.22 bits per heavy atom. The maximum absolute atomic E-state index is 14.1. The second kappa shape index (κ2) is 10.6. The van der Waals surface area contributed by atoms with Crippen molar-refractivity contribution in [2.24, 2.45) is 0 Å². The third-order valence-electron chi connectivity index (χ3n) is 5.32. The molecule has 9 heteroatoms. The Kier molecular flexibility index (Phi) is 7.54. The number of carbonyl (C=O) groups is 4. The summed E-state index contributed by atoms with van der Waals surface area (Å²) >= 11 is 2.72. The average Bonchev–Trinajstić information content (AvgIpc) is 2.87. The van der Waals surface area contributed by atoms with Gasteiger partial charge >= 0.3 is 222 Å². The van der Waals surface area contributed by atoms with E-state index in [9.17, 15) is 19.2 Å². The molecular formula is C27H19BrO7Se. The molecule has 3 aromatic carbocycles. The predicted octanol–water partition coefficient (Wildman–Crippen LogP) is 3.99. The van der Waals surface area contributed by atoms with Gasteiger partial charge in [-0.15, -0.1) is 0 Å². The Bertz CT molecular complexity index is 1440. The SMILES string of the molecule is COC(=O)c1cc(Br)cc(OC)c1C1=C([Se]c2ccccc2)C(=O)c2c(OC(C)=O)cccc2C1=O. The number of rotatable bonds is 6. The molecule has 0 unspecified atom stereocenters. The van der Waals surface area contributed by atoms with E-state index in [0.29, 0.717) is 4.47 Å². The number of halogens is 1. The van der Waals surface area contributed by atoms with E-state index in [0.717, 1.165) is 4.46 Å². The summed E-state index contributed by atoms with van der Waals surface area (Å²) in [5, 5.41) is 0. The summed E-state index contributed by atoms with van der Waals surface area (Å²) in [6, 6.07) is 16.9. The minimum absolute atomic E-state index is 0.00900. The molecule has 0 saturated heterocycles. The van der Waals surface area contributed by atoms with Gasteiger partial charge in [-0.3, -0.25) is 0 Å². The van der Waals surface area contributed by atoms with Crippen LogP contribution in [0, 0.1) is 0 Å². The van der Waals surface area contributed by atoms with Crippen molar-refractivity contribution in [1.82, 2.24) is 0 Å². The number of Topliss-reactive ketones (excluding diaryl/α,β-unsaturated/α-hetero) is 2. The molecule has 4 rings (SSSR count). The first-order chi connectivity index (χ1) is 17.3. The van der Waals surface area contributed by atoms with Crippen molar-refractivity contribution in [1.29, 1.82) is 0 Å². The van der Waals surface area contributed by atoms with E-state index < -0.39 is 38.5 Å². The van der Waals surface area contributed by atoms with Gasteiger partial charge in [0.1, 0.15) is 0 Å². The van der Waals surface area contributed by atoms with Gasteiger partial charge in [-0.25, -0.2) is 0 Å². The second-order valence-corrected chi connectivity index (χ2v) is 10.8. The van der Waals surface area contributed by atoms with Crippen LogP contribution >= 0.6 is 15.9 Å². The number of ether oxygens (including phenoxy) is 3.